The van der Waals surface area contributed by atoms with Gasteiger partial charge in [0.05, 0.1) is 0 Å². The Labute approximate surface area is 94.7 Å². The molecule has 0 amide bonds. The smallest absolute Gasteiger partial charge is 0.158 e. The first kappa shape index (κ1) is 9.78. The first-order chi connectivity index (χ1) is 7.84. The number of nitrogens with zero attached hydrogens (tertiary/aromatic N) is 3. The van der Waals surface area contributed by atoms with Gasteiger partial charge in [-0.1, -0.05) is 6.07 Å². The molecule has 1 fully saturated rings. The number of fused-ring (bicyclic) bond motifs is 1. The van der Waals surface area contributed by atoms with Gasteiger partial charge in [0.2, 0.25) is 0 Å². The van der Waals surface area contributed by atoms with Crippen LogP contribution in [0.3, 0.4) is 0 Å². The normalized spacial score (nSPS) is 18.1. The molecule has 0 unspecified atom stereocenters. The molecule has 84 valence electrons. The van der Waals surface area contributed by atoms with E-state index in [1.807, 2.05) is 10.7 Å². The van der Waals surface area contributed by atoms with Gasteiger partial charge in [-0.2, -0.15) is 5.10 Å². The fourth-order valence-electron chi connectivity index (χ4n) is 2.52. The average Bonchev–Trinajstić information content (AvgIpc) is 2.77. The number of rotatable bonds is 1. The van der Waals surface area contributed by atoms with Gasteiger partial charge in [-0.05, 0) is 44.3 Å². The summed E-state index contributed by atoms with van der Waals surface area (Å²) in [5.74, 6) is 0.632. The molecule has 3 heterocycles. The Bertz CT molecular complexity index is 497. The Hall–Kier alpha value is -1.42. The molecule has 1 N–H and O–H groups in total. The van der Waals surface area contributed by atoms with E-state index in [0.29, 0.717) is 5.92 Å². The molecule has 0 spiro atoms. The lowest BCUT2D eigenvalue weighted by Gasteiger charge is -2.23. The Morgan fingerprint density at radius 1 is 1.38 bits per heavy atom. The molecule has 4 nitrogen and oxygen atoms in total. The van der Waals surface area contributed by atoms with Crippen molar-refractivity contribution in [2.24, 2.45) is 0 Å². The van der Waals surface area contributed by atoms with Crippen LogP contribution in [-0.2, 0) is 0 Å². The van der Waals surface area contributed by atoms with Crippen molar-refractivity contribution in [2.45, 2.75) is 25.7 Å². The zero-order valence-electron chi connectivity index (χ0n) is 9.48. The molecule has 1 saturated heterocycles. The van der Waals surface area contributed by atoms with Crippen molar-refractivity contribution in [3.63, 3.8) is 0 Å². The van der Waals surface area contributed by atoms with Crippen molar-refractivity contribution in [1.82, 2.24) is 19.9 Å². The van der Waals surface area contributed by atoms with Crippen molar-refractivity contribution in [1.29, 1.82) is 0 Å². The molecule has 2 aromatic heterocycles. The number of hydrogen-bond acceptors (Lipinski definition) is 3. The van der Waals surface area contributed by atoms with E-state index in [-0.39, 0.29) is 0 Å². The van der Waals surface area contributed by atoms with Crippen LogP contribution in [0.1, 0.15) is 29.9 Å². The van der Waals surface area contributed by atoms with Crippen LogP contribution < -0.4 is 5.32 Å². The molecule has 2 aromatic rings. The summed E-state index contributed by atoms with van der Waals surface area (Å²) in [4.78, 5) is 4.37. The number of hydrogen-bond donors (Lipinski definition) is 1. The minimum Gasteiger partial charge on any atom is -0.317 e. The van der Waals surface area contributed by atoms with Crippen LogP contribution in [0, 0.1) is 6.92 Å². The van der Waals surface area contributed by atoms with Gasteiger partial charge in [-0.3, -0.25) is 0 Å². The summed E-state index contributed by atoms with van der Waals surface area (Å²) in [7, 11) is 0. The zero-order chi connectivity index (χ0) is 11.0. The third-order valence-corrected chi connectivity index (χ3v) is 3.32. The first-order valence-electron chi connectivity index (χ1n) is 5.85. The van der Waals surface area contributed by atoms with Gasteiger partial charge in [-0.25, -0.2) is 9.50 Å². The third-order valence-electron chi connectivity index (χ3n) is 3.32. The fourth-order valence-corrected chi connectivity index (χ4v) is 2.52. The largest absolute Gasteiger partial charge is 0.317 e. The Balaban J connectivity index is 2.09. The predicted molar refractivity (Wildman–Crippen MR) is 62.6 cm³/mol. The third kappa shape index (κ3) is 1.59. The van der Waals surface area contributed by atoms with Crippen LogP contribution in [0.25, 0.3) is 5.65 Å². The molecule has 1 aliphatic rings. The van der Waals surface area contributed by atoms with Crippen molar-refractivity contribution >= 4 is 5.65 Å². The Kier molecular flexibility index (Phi) is 2.36. The molecule has 0 aromatic carbocycles. The molecule has 4 heteroatoms. The van der Waals surface area contributed by atoms with Gasteiger partial charge in [0, 0.05) is 11.8 Å². The lowest BCUT2D eigenvalue weighted by Crippen LogP contribution is -2.27. The summed E-state index contributed by atoms with van der Waals surface area (Å²) in [6.45, 7) is 4.34. The lowest BCUT2D eigenvalue weighted by atomic mass is 9.90. The van der Waals surface area contributed by atoms with Gasteiger partial charge in [0.1, 0.15) is 6.33 Å². The van der Waals surface area contributed by atoms with Crippen LogP contribution >= 0.6 is 0 Å². The fraction of sp³-hybridized carbons (Fsp3) is 0.500. The number of aryl methyl sites for hydroxylation is 1. The Morgan fingerprint density at radius 3 is 3.00 bits per heavy atom. The zero-order valence-corrected chi connectivity index (χ0v) is 9.48. The molecule has 16 heavy (non-hydrogen) atoms. The monoisotopic (exact) mass is 216 g/mol. The van der Waals surface area contributed by atoms with E-state index in [2.05, 4.69) is 28.4 Å². The quantitative estimate of drug-likeness (QED) is 0.785. The second-order valence-corrected chi connectivity index (χ2v) is 4.53. The van der Waals surface area contributed by atoms with E-state index in [4.69, 9.17) is 0 Å². The average molecular weight is 216 g/mol. The number of nitrogens with one attached hydrogen (secondary N) is 1. The van der Waals surface area contributed by atoms with E-state index < -0.39 is 0 Å². The van der Waals surface area contributed by atoms with Crippen LogP contribution in [0.4, 0.5) is 0 Å². The van der Waals surface area contributed by atoms with Crippen LogP contribution in [0.15, 0.2) is 18.6 Å². The number of pyridine rings is 1. The number of piperidine rings is 1. The highest BCUT2D eigenvalue weighted by Crippen LogP contribution is 2.28. The molecule has 0 atom stereocenters. The van der Waals surface area contributed by atoms with Crippen molar-refractivity contribution in [3.8, 4) is 0 Å². The minimum absolute atomic E-state index is 0.632. The maximum absolute atomic E-state index is 4.37. The van der Waals surface area contributed by atoms with E-state index in [9.17, 15) is 0 Å². The molecule has 0 aliphatic carbocycles. The van der Waals surface area contributed by atoms with Crippen molar-refractivity contribution in [3.05, 3.63) is 29.7 Å². The summed E-state index contributed by atoms with van der Waals surface area (Å²) in [5.41, 5.74) is 3.64. The van der Waals surface area contributed by atoms with Crippen LogP contribution in [0.2, 0.25) is 0 Å². The van der Waals surface area contributed by atoms with Crippen molar-refractivity contribution in [2.75, 3.05) is 13.1 Å². The second-order valence-electron chi connectivity index (χ2n) is 4.53. The molecular formula is C12H16N4. The SMILES string of the molecule is Cc1cc(C2CCNCC2)c2ncnn2c1. The van der Waals surface area contributed by atoms with Crippen molar-refractivity contribution < 1.29 is 0 Å². The standard InChI is InChI=1S/C12H16N4/c1-9-6-11(10-2-4-13-5-3-10)12-14-8-15-16(12)7-9/h6-8,10,13H,2-5H2,1H3. The minimum atomic E-state index is 0.632. The molecule has 0 bridgehead atoms. The van der Waals surface area contributed by atoms with Gasteiger partial charge in [-0.15, -0.1) is 0 Å². The van der Waals surface area contributed by atoms with Gasteiger partial charge < -0.3 is 5.32 Å². The van der Waals surface area contributed by atoms with Gasteiger partial charge in [0.15, 0.2) is 5.65 Å². The molecule has 0 saturated carbocycles. The predicted octanol–water partition coefficient (Wildman–Crippen LogP) is 1.50. The second kappa shape index (κ2) is 3.87. The highest BCUT2D eigenvalue weighted by atomic mass is 15.3. The summed E-state index contributed by atoms with van der Waals surface area (Å²) in [5, 5.41) is 7.62. The summed E-state index contributed by atoms with van der Waals surface area (Å²) >= 11 is 0. The highest BCUT2D eigenvalue weighted by Gasteiger charge is 2.19. The topological polar surface area (TPSA) is 42.2 Å². The van der Waals surface area contributed by atoms with Gasteiger partial charge >= 0.3 is 0 Å². The molecular weight excluding hydrogens is 200 g/mol. The summed E-state index contributed by atoms with van der Waals surface area (Å²) in [6, 6.07) is 2.26. The number of aromatic nitrogens is 3. The lowest BCUT2D eigenvalue weighted by molar-refractivity contribution is 0.461. The summed E-state index contributed by atoms with van der Waals surface area (Å²) < 4.78 is 1.90. The maximum Gasteiger partial charge on any atom is 0.158 e. The summed E-state index contributed by atoms with van der Waals surface area (Å²) in [6.07, 6.45) is 6.07. The molecule has 3 rings (SSSR count). The van der Waals surface area contributed by atoms with Gasteiger partial charge in [0.25, 0.3) is 0 Å². The Morgan fingerprint density at radius 2 is 2.19 bits per heavy atom. The van der Waals surface area contributed by atoms with E-state index >= 15 is 0 Å². The van der Waals surface area contributed by atoms with Crippen LogP contribution in [0.5, 0.6) is 0 Å². The van der Waals surface area contributed by atoms with E-state index in [0.717, 1.165) is 18.7 Å². The molecule has 0 radical (unpaired) electrons. The molecule has 1 aliphatic heterocycles. The highest BCUT2D eigenvalue weighted by molar-refractivity contribution is 5.50. The van der Waals surface area contributed by atoms with Crippen LogP contribution in [-0.4, -0.2) is 27.7 Å². The van der Waals surface area contributed by atoms with E-state index in [1.165, 1.54) is 24.0 Å². The first-order valence-corrected chi connectivity index (χ1v) is 5.85. The maximum atomic E-state index is 4.37. The van der Waals surface area contributed by atoms with E-state index in [1.54, 1.807) is 6.33 Å².